The van der Waals surface area contributed by atoms with Crippen molar-refractivity contribution in [2.24, 2.45) is 0 Å². The molecule has 0 spiro atoms. The number of nitrogens with zero attached hydrogens (tertiary/aromatic N) is 2. The molecule has 1 aliphatic heterocycles. The number of carbonyl (C=O) groups excluding carboxylic acids is 2. The molecule has 2 aliphatic rings. The van der Waals surface area contributed by atoms with Crippen molar-refractivity contribution in [3.8, 4) is 10.4 Å². The molecule has 2 heterocycles. The smallest absolute Gasteiger partial charge is 0.388 e. The number of aromatic nitrogens is 1. The van der Waals surface area contributed by atoms with Gasteiger partial charge in [-0.05, 0) is 50.7 Å². The van der Waals surface area contributed by atoms with E-state index in [-0.39, 0.29) is 39.3 Å². The van der Waals surface area contributed by atoms with Crippen LogP contribution in [-0.2, 0) is 5.60 Å². The Morgan fingerprint density at radius 2 is 1.73 bits per heavy atom. The zero-order valence-corrected chi connectivity index (χ0v) is 23.3. The van der Waals surface area contributed by atoms with Gasteiger partial charge in [0, 0.05) is 24.7 Å². The SMILES string of the molecule is Cc1cc(C(O)(C(F)(F)F)C(F)(F)F)ccc1-c1sc(C(=O)NCC2(O)CCCCC2)nc1C(=O)N1CCC[C@@H]1C. The van der Waals surface area contributed by atoms with Crippen LogP contribution in [0.4, 0.5) is 26.3 Å². The molecule has 0 unspecified atom stereocenters. The summed E-state index contributed by atoms with van der Waals surface area (Å²) in [6.07, 6.45) is -7.00. The number of alkyl halides is 6. The summed E-state index contributed by atoms with van der Waals surface area (Å²) in [4.78, 5) is 32.5. The summed E-state index contributed by atoms with van der Waals surface area (Å²) in [7, 11) is 0. The number of carbonyl (C=O) groups is 2. The van der Waals surface area contributed by atoms with Crippen molar-refractivity contribution in [3.63, 3.8) is 0 Å². The van der Waals surface area contributed by atoms with E-state index in [0.717, 1.165) is 49.5 Å². The molecule has 1 aliphatic carbocycles. The molecule has 14 heteroatoms. The number of nitrogens with one attached hydrogen (secondary N) is 1. The van der Waals surface area contributed by atoms with E-state index in [4.69, 9.17) is 0 Å². The molecule has 1 atom stereocenters. The van der Waals surface area contributed by atoms with E-state index >= 15 is 0 Å². The fourth-order valence-corrected chi connectivity index (χ4v) is 6.52. The van der Waals surface area contributed by atoms with Gasteiger partial charge in [0.15, 0.2) is 5.01 Å². The minimum absolute atomic E-state index is 0.0334. The second kappa shape index (κ2) is 11.2. The summed E-state index contributed by atoms with van der Waals surface area (Å²) in [5, 5.41) is 23.1. The number of benzene rings is 1. The lowest BCUT2D eigenvalue weighted by Gasteiger charge is -2.33. The van der Waals surface area contributed by atoms with E-state index < -0.39 is 40.9 Å². The number of likely N-dealkylation sites (tertiary alicyclic amines) is 1. The Morgan fingerprint density at radius 3 is 2.27 bits per heavy atom. The standard InChI is InChI=1S/C27H31F6N3O4S/c1-15-13-17(25(40,26(28,29)30)27(31,32)33)8-9-18(15)20-19(23(38)36-12-6-7-16(36)2)35-22(41-20)21(37)34-14-24(39)10-4-3-5-11-24/h8-9,13,16,39-40H,3-7,10-12,14H2,1-2H3,(H,34,37)/t16-/m0/s1. The lowest BCUT2D eigenvalue weighted by atomic mass is 9.85. The molecule has 2 amide bonds. The molecule has 0 bridgehead atoms. The number of aliphatic hydroxyl groups is 2. The van der Waals surface area contributed by atoms with Gasteiger partial charge in [-0.2, -0.15) is 26.3 Å². The fraction of sp³-hybridized carbons (Fsp3) is 0.593. The zero-order valence-electron chi connectivity index (χ0n) is 22.5. The second-order valence-corrected chi connectivity index (χ2v) is 11.9. The number of aryl methyl sites for hydroxylation is 1. The summed E-state index contributed by atoms with van der Waals surface area (Å²) >= 11 is 0.774. The molecule has 2 fully saturated rings. The lowest BCUT2D eigenvalue weighted by molar-refractivity contribution is -0.376. The summed E-state index contributed by atoms with van der Waals surface area (Å²) < 4.78 is 80.7. The van der Waals surface area contributed by atoms with Crippen LogP contribution in [-0.4, -0.2) is 69.0 Å². The van der Waals surface area contributed by atoms with Crippen molar-refractivity contribution >= 4 is 23.2 Å². The fourth-order valence-electron chi connectivity index (χ4n) is 5.45. The number of rotatable bonds is 6. The van der Waals surface area contributed by atoms with Crippen molar-refractivity contribution in [3.05, 3.63) is 40.0 Å². The first-order valence-electron chi connectivity index (χ1n) is 13.3. The Labute approximate surface area is 236 Å². The Balaban J connectivity index is 1.73. The van der Waals surface area contributed by atoms with Crippen molar-refractivity contribution < 1.29 is 46.1 Å². The van der Waals surface area contributed by atoms with Crippen LogP contribution in [0.1, 0.15) is 83.3 Å². The van der Waals surface area contributed by atoms with Crippen molar-refractivity contribution in [1.82, 2.24) is 15.2 Å². The highest BCUT2D eigenvalue weighted by Gasteiger charge is 2.71. The third kappa shape index (κ3) is 5.96. The number of halogens is 6. The van der Waals surface area contributed by atoms with E-state index in [0.29, 0.717) is 31.5 Å². The van der Waals surface area contributed by atoms with Gasteiger partial charge in [0.05, 0.1) is 10.5 Å². The van der Waals surface area contributed by atoms with Crippen LogP contribution >= 0.6 is 11.3 Å². The number of hydrogen-bond donors (Lipinski definition) is 3. The Kier molecular flexibility index (Phi) is 8.51. The zero-order chi connectivity index (χ0) is 30.4. The average Bonchev–Trinajstić information content (AvgIpc) is 3.52. The molecule has 7 nitrogen and oxygen atoms in total. The summed E-state index contributed by atoms with van der Waals surface area (Å²) in [5.41, 5.74) is -7.75. The van der Waals surface area contributed by atoms with Gasteiger partial charge in [-0.15, -0.1) is 11.3 Å². The Hall–Kier alpha value is -2.71. The summed E-state index contributed by atoms with van der Waals surface area (Å²) in [5.74, 6) is -1.18. The summed E-state index contributed by atoms with van der Waals surface area (Å²) in [6, 6.07) is 1.90. The predicted octanol–water partition coefficient (Wildman–Crippen LogP) is 5.48. The summed E-state index contributed by atoms with van der Waals surface area (Å²) in [6.45, 7) is 3.48. The van der Waals surface area contributed by atoms with Crippen LogP contribution in [0.5, 0.6) is 0 Å². The van der Waals surface area contributed by atoms with Gasteiger partial charge in [-0.25, -0.2) is 4.98 Å². The molecule has 1 aromatic heterocycles. The average molecular weight is 608 g/mol. The maximum absolute atomic E-state index is 13.5. The second-order valence-electron chi connectivity index (χ2n) is 10.9. The highest BCUT2D eigenvalue weighted by Crippen LogP contribution is 2.50. The minimum Gasteiger partial charge on any atom is -0.388 e. The van der Waals surface area contributed by atoms with Gasteiger partial charge < -0.3 is 20.4 Å². The monoisotopic (exact) mass is 607 g/mol. The van der Waals surface area contributed by atoms with Gasteiger partial charge in [0.2, 0.25) is 0 Å². The van der Waals surface area contributed by atoms with Crippen molar-refractivity contribution in [2.75, 3.05) is 13.1 Å². The van der Waals surface area contributed by atoms with E-state index in [9.17, 15) is 46.1 Å². The largest absolute Gasteiger partial charge is 0.430 e. The van der Waals surface area contributed by atoms with Crippen molar-refractivity contribution in [1.29, 1.82) is 0 Å². The Bertz CT molecular complexity index is 1290. The maximum atomic E-state index is 13.5. The molecule has 0 radical (unpaired) electrons. The molecule has 4 rings (SSSR count). The molecule has 1 saturated carbocycles. The minimum atomic E-state index is -6.05. The number of amides is 2. The van der Waals surface area contributed by atoms with Crippen LogP contribution in [0.3, 0.4) is 0 Å². The highest BCUT2D eigenvalue weighted by atomic mass is 32.1. The third-order valence-electron chi connectivity index (χ3n) is 7.91. The lowest BCUT2D eigenvalue weighted by Crippen LogP contribution is -2.53. The molecule has 3 N–H and O–H groups in total. The van der Waals surface area contributed by atoms with Crippen LogP contribution < -0.4 is 5.32 Å². The maximum Gasteiger partial charge on any atom is 0.430 e. The van der Waals surface area contributed by atoms with Gasteiger partial charge in [0.25, 0.3) is 17.4 Å². The van der Waals surface area contributed by atoms with Gasteiger partial charge in [-0.3, -0.25) is 9.59 Å². The normalized spacial score (nSPS) is 19.9. The third-order valence-corrected chi connectivity index (χ3v) is 9.00. The van der Waals surface area contributed by atoms with Crippen LogP contribution in [0, 0.1) is 6.92 Å². The van der Waals surface area contributed by atoms with Crippen LogP contribution in [0.15, 0.2) is 18.2 Å². The first-order chi connectivity index (χ1) is 19.0. The van der Waals surface area contributed by atoms with Crippen molar-refractivity contribution in [2.45, 2.75) is 88.4 Å². The molecule has 41 heavy (non-hydrogen) atoms. The van der Waals surface area contributed by atoms with E-state index in [1.165, 1.54) is 6.92 Å². The Morgan fingerprint density at radius 1 is 1.10 bits per heavy atom. The van der Waals surface area contributed by atoms with Crippen LogP contribution in [0.25, 0.3) is 10.4 Å². The topological polar surface area (TPSA) is 103 Å². The van der Waals surface area contributed by atoms with Gasteiger partial charge >= 0.3 is 12.4 Å². The first kappa shape index (κ1) is 31.2. The molecule has 1 saturated heterocycles. The van der Waals surface area contributed by atoms with E-state index in [2.05, 4.69) is 10.3 Å². The van der Waals surface area contributed by atoms with Gasteiger partial charge in [-0.1, -0.05) is 37.5 Å². The molecular formula is C27H31F6N3O4S. The number of hydrogen-bond acceptors (Lipinski definition) is 6. The predicted molar refractivity (Wildman–Crippen MR) is 138 cm³/mol. The quantitative estimate of drug-likeness (QED) is 0.378. The molecule has 2 aromatic rings. The molecule has 1 aromatic carbocycles. The highest BCUT2D eigenvalue weighted by molar-refractivity contribution is 7.17. The molecule has 226 valence electrons. The number of thiazole rings is 1. The van der Waals surface area contributed by atoms with E-state index in [1.54, 1.807) is 4.90 Å². The first-order valence-corrected chi connectivity index (χ1v) is 14.1. The van der Waals surface area contributed by atoms with Crippen LogP contribution in [0.2, 0.25) is 0 Å². The van der Waals surface area contributed by atoms with Gasteiger partial charge in [0.1, 0.15) is 5.69 Å². The molecular weight excluding hydrogens is 576 g/mol. The van der Waals surface area contributed by atoms with E-state index in [1.807, 2.05) is 6.92 Å².